The first kappa shape index (κ1) is 18.7. The maximum absolute atomic E-state index is 12.7. The SMILES string of the molecule is COc1cc2c(C3C(=O)Nc4ncccc43)ncnc2cc1OCCN1CCCC1. The normalized spacial score (nSPS) is 18.4. The number of hydrogen-bond donors (Lipinski definition) is 1. The fourth-order valence-electron chi connectivity index (χ4n) is 4.23. The molecule has 1 unspecified atom stereocenters. The van der Waals surface area contributed by atoms with E-state index >= 15 is 0 Å². The van der Waals surface area contributed by atoms with Gasteiger partial charge in [-0.25, -0.2) is 15.0 Å². The van der Waals surface area contributed by atoms with Crippen molar-refractivity contribution in [3.8, 4) is 11.5 Å². The lowest BCUT2D eigenvalue weighted by Crippen LogP contribution is -2.25. The molecule has 1 saturated heterocycles. The molecule has 5 rings (SSSR count). The summed E-state index contributed by atoms with van der Waals surface area (Å²) in [6, 6.07) is 7.44. The van der Waals surface area contributed by atoms with Gasteiger partial charge in [-0.2, -0.15) is 0 Å². The molecule has 0 aliphatic carbocycles. The number of hydrogen-bond acceptors (Lipinski definition) is 7. The third-order valence-corrected chi connectivity index (χ3v) is 5.74. The van der Waals surface area contributed by atoms with Gasteiger partial charge in [-0.1, -0.05) is 6.07 Å². The van der Waals surface area contributed by atoms with Gasteiger partial charge in [0.05, 0.1) is 18.3 Å². The van der Waals surface area contributed by atoms with Crippen LogP contribution in [0.25, 0.3) is 10.9 Å². The number of methoxy groups -OCH3 is 1. The number of benzene rings is 1. The highest BCUT2D eigenvalue weighted by Gasteiger charge is 2.35. The number of carbonyl (C=O) groups is 1. The molecule has 0 radical (unpaired) electrons. The second-order valence-electron chi connectivity index (χ2n) is 7.54. The van der Waals surface area contributed by atoms with E-state index in [0.717, 1.165) is 30.6 Å². The van der Waals surface area contributed by atoms with E-state index in [1.54, 1.807) is 13.3 Å². The van der Waals surface area contributed by atoms with Gasteiger partial charge in [-0.3, -0.25) is 9.69 Å². The van der Waals surface area contributed by atoms with Gasteiger partial charge in [-0.05, 0) is 38.1 Å². The molecule has 0 spiro atoms. The van der Waals surface area contributed by atoms with Crippen molar-refractivity contribution in [2.45, 2.75) is 18.8 Å². The summed E-state index contributed by atoms with van der Waals surface area (Å²) in [6.07, 6.45) is 5.66. The number of nitrogens with zero attached hydrogens (tertiary/aromatic N) is 4. The molecule has 1 atom stereocenters. The minimum absolute atomic E-state index is 0.145. The van der Waals surface area contributed by atoms with Crippen molar-refractivity contribution in [2.24, 2.45) is 0 Å². The standard InChI is InChI=1S/C22H23N5O3/c1-29-17-11-15-16(12-18(17)30-10-9-27-7-2-3-8-27)24-13-25-20(15)19-14-5-4-6-23-21(14)26-22(19)28/h4-6,11-13,19H,2-3,7-10H2,1H3,(H,23,26,28). The van der Waals surface area contributed by atoms with Crippen LogP contribution in [0.3, 0.4) is 0 Å². The third kappa shape index (κ3) is 3.33. The number of pyridine rings is 1. The monoisotopic (exact) mass is 405 g/mol. The highest BCUT2D eigenvalue weighted by molar-refractivity contribution is 6.05. The second kappa shape index (κ2) is 7.87. The Bertz CT molecular complexity index is 1100. The predicted molar refractivity (Wildman–Crippen MR) is 112 cm³/mol. The molecule has 0 bridgehead atoms. The maximum Gasteiger partial charge on any atom is 0.239 e. The minimum Gasteiger partial charge on any atom is -0.493 e. The zero-order valence-corrected chi connectivity index (χ0v) is 16.8. The molecular weight excluding hydrogens is 382 g/mol. The van der Waals surface area contributed by atoms with Gasteiger partial charge >= 0.3 is 0 Å². The molecule has 8 heteroatoms. The number of nitrogens with one attached hydrogen (secondary N) is 1. The number of amides is 1. The van der Waals surface area contributed by atoms with Crippen LogP contribution in [0.4, 0.5) is 5.82 Å². The smallest absolute Gasteiger partial charge is 0.239 e. The Morgan fingerprint density at radius 3 is 2.87 bits per heavy atom. The Morgan fingerprint density at radius 1 is 1.17 bits per heavy atom. The number of rotatable bonds is 6. The van der Waals surface area contributed by atoms with E-state index in [9.17, 15) is 4.79 Å². The Labute approximate surface area is 174 Å². The predicted octanol–water partition coefficient (Wildman–Crippen LogP) is 2.59. The number of fused-ring (bicyclic) bond motifs is 2. The van der Waals surface area contributed by atoms with Crippen LogP contribution in [0, 0.1) is 0 Å². The molecule has 1 N–H and O–H groups in total. The Hall–Kier alpha value is -3.26. The van der Waals surface area contributed by atoms with Gasteiger partial charge in [0.15, 0.2) is 11.5 Å². The zero-order valence-electron chi connectivity index (χ0n) is 16.8. The molecule has 3 aromatic rings. The van der Waals surface area contributed by atoms with Gasteiger partial charge in [0.25, 0.3) is 0 Å². The van der Waals surface area contributed by atoms with Crippen LogP contribution in [-0.4, -0.2) is 59.1 Å². The van der Waals surface area contributed by atoms with Crippen LogP contribution in [0.5, 0.6) is 11.5 Å². The van der Waals surface area contributed by atoms with Crippen LogP contribution in [-0.2, 0) is 4.79 Å². The molecule has 1 fully saturated rings. The summed E-state index contributed by atoms with van der Waals surface area (Å²) in [6.45, 7) is 3.75. The first-order valence-corrected chi connectivity index (χ1v) is 10.2. The van der Waals surface area contributed by atoms with Crippen LogP contribution in [0.1, 0.15) is 30.0 Å². The van der Waals surface area contributed by atoms with Crippen molar-refractivity contribution in [1.82, 2.24) is 19.9 Å². The molecule has 1 amide bonds. The quantitative estimate of drug-likeness (QED) is 0.674. The highest BCUT2D eigenvalue weighted by atomic mass is 16.5. The van der Waals surface area contributed by atoms with Crippen LogP contribution < -0.4 is 14.8 Å². The van der Waals surface area contributed by atoms with Crippen LogP contribution >= 0.6 is 0 Å². The molecule has 154 valence electrons. The maximum atomic E-state index is 12.7. The fraction of sp³-hybridized carbons (Fsp3) is 0.364. The van der Waals surface area contributed by atoms with Crippen molar-refractivity contribution in [3.05, 3.63) is 48.0 Å². The Morgan fingerprint density at radius 2 is 2.03 bits per heavy atom. The molecule has 2 aliphatic heterocycles. The van der Waals surface area contributed by atoms with E-state index in [0.29, 0.717) is 35.1 Å². The van der Waals surface area contributed by atoms with Gasteiger partial charge in [0.2, 0.25) is 5.91 Å². The number of likely N-dealkylation sites (tertiary alicyclic amines) is 1. The van der Waals surface area contributed by atoms with E-state index < -0.39 is 5.92 Å². The minimum atomic E-state index is -0.536. The van der Waals surface area contributed by atoms with E-state index in [1.807, 2.05) is 24.3 Å². The largest absolute Gasteiger partial charge is 0.493 e. The van der Waals surface area contributed by atoms with Crippen molar-refractivity contribution in [3.63, 3.8) is 0 Å². The lowest BCUT2D eigenvalue weighted by molar-refractivity contribution is -0.116. The number of anilines is 1. The molecule has 0 saturated carbocycles. The van der Waals surface area contributed by atoms with E-state index in [1.165, 1.54) is 19.2 Å². The molecule has 8 nitrogen and oxygen atoms in total. The molecule has 30 heavy (non-hydrogen) atoms. The summed E-state index contributed by atoms with van der Waals surface area (Å²) in [5, 5.41) is 3.60. The van der Waals surface area contributed by atoms with Crippen molar-refractivity contribution >= 4 is 22.6 Å². The first-order chi connectivity index (χ1) is 14.7. The highest BCUT2D eigenvalue weighted by Crippen LogP contribution is 2.40. The summed E-state index contributed by atoms with van der Waals surface area (Å²) in [5.41, 5.74) is 2.15. The molecule has 4 heterocycles. The molecular formula is C22H23N5O3. The Kier molecular flexibility index (Phi) is 4.92. The van der Waals surface area contributed by atoms with E-state index in [2.05, 4.69) is 25.2 Å². The topological polar surface area (TPSA) is 89.5 Å². The van der Waals surface area contributed by atoms with E-state index in [-0.39, 0.29) is 5.91 Å². The first-order valence-electron chi connectivity index (χ1n) is 10.2. The number of aromatic nitrogens is 3. The molecule has 1 aromatic carbocycles. The van der Waals surface area contributed by atoms with Crippen molar-refractivity contribution in [2.75, 3.05) is 38.7 Å². The summed E-state index contributed by atoms with van der Waals surface area (Å²) >= 11 is 0. The Balaban J connectivity index is 1.48. The lowest BCUT2D eigenvalue weighted by Gasteiger charge is -2.17. The summed E-state index contributed by atoms with van der Waals surface area (Å²) < 4.78 is 11.6. The van der Waals surface area contributed by atoms with Gasteiger partial charge < -0.3 is 14.8 Å². The van der Waals surface area contributed by atoms with Gasteiger partial charge in [-0.15, -0.1) is 0 Å². The third-order valence-electron chi connectivity index (χ3n) is 5.74. The summed E-state index contributed by atoms with van der Waals surface area (Å²) in [5.74, 6) is 1.14. The summed E-state index contributed by atoms with van der Waals surface area (Å²) in [4.78, 5) is 28.2. The average Bonchev–Trinajstić information content (AvgIpc) is 3.39. The van der Waals surface area contributed by atoms with Crippen molar-refractivity contribution < 1.29 is 14.3 Å². The average molecular weight is 405 g/mol. The molecule has 2 aromatic heterocycles. The van der Waals surface area contributed by atoms with Crippen LogP contribution in [0.2, 0.25) is 0 Å². The van der Waals surface area contributed by atoms with Crippen LogP contribution in [0.15, 0.2) is 36.8 Å². The lowest BCUT2D eigenvalue weighted by atomic mass is 9.95. The fourth-order valence-corrected chi connectivity index (χ4v) is 4.23. The number of ether oxygens (including phenoxy) is 2. The number of carbonyl (C=O) groups excluding carboxylic acids is 1. The second-order valence-corrected chi connectivity index (χ2v) is 7.54. The van der Waals surface area contributed by atoms with Gasteiger partial charge in [0.1, 0.15) is 24.7 Å². The molecule has 2 aliphatic rings. The van der Waals surface area contributed by atoms with Gasteiger partial charge in [0, 0.05) is 29.8 Å². The summed E-state index contributed by atoms with van der Waals surface area (Å²) in [7, 11) is 1.61. The zero-order chi connectivity index (χ0) is 20.5. The van der Waals surface area contributed by atoms with E-state index in [4.69, 9.17) is 9.47 Å². The van der Waals surface area contributed by atoms with Crippen molar-refractivity contribution in [1.29, 1.82) is 0 Å².